The zero-order chi connectivity index (χ0) is 13.0. The summed E-state index contributed by atoms with van der Waals surface area (Å²) < 4.78 is 0. The van der Waals surface area contributed by atoms with Gasteiger partial charge in [0.25, 0.3) is 0 Å². The van der Waals surface area contributed by atoms with Crippen molar-refractivity contribution in [3.05, 3.63) is 0 Å². The minimum atomic E-state index is -0.178. The van der Waals surface area contributed by atoms with Crippen molar-refractivity contribution in [3.8, 4) is 0 Å². The molecule has 18 heavy (non-hydrogen) atoms. The Balaban J connectivity index is 1.60. The van der Waals surface area contributed by atoms with E-state index < -0.39 is 0 Å². The number of likely N-dealkylation sites (tertiary alicyclic amines) is 1. The summed E-state index contributed by atoms with van der Waals surface area (Å²) in [6.45, 7) is 3.18. The van der Waals surface area contributed by atoms with Gasteiger partial charge in [-0.1, -0.05) is 0 Å². The first-order valence-corrected chi connectivity index (χ1v) is 7.29. The van der Waals surface area contributed by atoms with E-state index in [0.717, 1.165) is 44.6 Å². The predicted octanol–water partition coefficient (Wildman–Crippen LogP) is 0.995. The van der Waals surface area contributed by atoms with Crippen LogP contribution in [-0.4, -0.2) is 48.7 Å². The summed E-state index contributed by atoms with van der Waals surface area (Å²) in [6, 6.07) is 0. The maximum atomic E-state index is 11.9. The number of nitrogens with zero attached hydrogens (tertiary/aromatic N) is 1. The molecule has 0 spiro atoms. The van der Waals surface area contributed by atoms with Gasteiger partial charge < -0.3 is 15.3 Å². The molecule has 1 aliphatic carbocycles. The summed E-state index contributed by atoms with van der Waals surface area (Å²) in [5.41, 5.74) is 0. The van der Waals surface area contributed by atoms with Crippen molar-refractivity contribution >= 4 is 5.91 Å². The molecule has 2 N–H and O–H groups in total. The fourth-order valence-electron chi connectivity index (χ4n) is 3.14. The van der Waals surface area contributed by atoms with Crippen LogP contribution >= 0.6 is 0 Å². The number of hydrogen-bond acceptors (Lipinski definition) is 3. The number of rotatable bonds is 4. The molecule has 0 bridgehead atoms. The molecule has 4 heteroatoms. The first kappa shape index (κ1) is 13.8. The highest BCUT2D eigenvalue weighted by Crippen LogP contribution is 2.24. The maximum absolute atomic E-state index is 11.9. The molecule has 1 saturated carbocycles. The fraction of sp³-hybridized carbons (Fsp3) is 0.929. The Kier molecular flexibility index (Phi) is 5.01. The predicted molar refractivity (Wildman–Crippen MR) is 71.2 cm³/mol. The lowest BCUT2D eigenvalue weighted by Gasteiger charge is -2.24. The van der Waals surface area contributed by atoms with Gasteiger partial charge in [0.15, 0.2) is 0 Å². The van der Waals surface area contributed by atoms with E-state index in [9.17, 15) is 9.90 Å². The van der Waals surface area contributed by atoms with Crippen molar-refractivity contribution in [2.45, 2.75) is 44.6 Å². The monoisotopic (exact) mass is 254 g/mol. The van der Waals surface area contributed by atoms with Crippen LogP contribution in [0.15, 0.2) is 0 Å². The third-order valence-electron chi connectivity index (χ3n) is 4.41. The second-order valence-corrected chi connectivity index (χ2v) is 6.00. The molecule has 0 aromatic rings. The van der Waals surface area contributed by atoms with Gasteiger partial charge in [-0.25, -0.2) is 0 Å². The largest absolute Gasteiger partial charge is 0.393 e. The van der Waals surface area contributed by atoms with Gasteiger partial charge in [-0.2, -0.15) is 0 Å². The molecule has 1 saturated heterocycles. The van der Waals surface area contributed by atoms with E-state index in [0.29, 0.717) is 0 Å². The highest BCUT2D eigenvalue weighted by Gasteiger charge is 2.25. The molecule has 1 unspecified atom stereocenters. The van der Waals surface area contributed by atoms with Gasteiger partial charge >= 0.3 is 0 Å². The van der Waals surface area contributed by atoms with Crippen LogP contribution in [0.5, 0.6) is 0 Å². The second-order valence-electron chi connectivity index (χ2n) is 6.00. The number of aliphatic hydroxyl groups excluding tert-OH is 1. The van der Waals surface area contributed by atoms with E-state index in [1.54, 1.807) is 0 Å². The van der Waals surface area contributed by atoms with Gasteiger partial charge in [0.05, 0.1) is 6.10 Å². The SMILES string of the molecule is CN1CCC(CCNC(=O)C2CCC(O)CC2)C1. The summed E-state index contributed by atoms with van der Waals surface area (Å²) in [5, 5.41) is 12.5. The zero-order valence-corrected chi connectivity index (χ0v) is 11.4. The van der Waals surface area contributed by atoms with Crippen molar-refractivity contribution in [1.29, 1.82) is 0 Å². The zero-order valence-electron chi connectivity index (χ0n) is 11.4. The Labute approximate surface area is 110 Å². The van der Waals surface area contributed by atoms with Gasteiger partial charge in [0.2, 0.25) is 5.91 Å². The summed E-state index contributed by atoms with van der Waals surface area (Å²) in [6.07, 6.45) is 5.45. The smallest absolute Gasteiger partial charge is 0.223 e. The van der Waals surface area contributed by atoms with Crippen molar-refractivity contribution in [3.63, 3.8) is 0 Å². The van der Waals surface area contributed by atoms with Crippen LogP contribution in [0.1, 0.15) is 38.5 Å². The number of carbonyl (C=O) groups is 1. The molecule has 2 aliphatic rings. The molecule has 2 fully saturated rings. The highest BCUT2D eigenvalue weighted by atomic mass is 16.3. The third kappa shape index (κ3) is 3.95. The molecule has 1 aliphatic heterocycles. The lowest BCUT2D eigenvalue weighted by atomic mass is 9.87. The molecule has 2 rings (SSSR count). The summed E-state index contributed by atoms with van der Waals surface area (Å²) in [7, 11) is 2.16. The molecular weight excluding hydrogens is 228 g/mol. The lowest BCUT2D eigenvalue weighted by Crippen LogP contribution is -2.35. The molecule has 0 aromatic heterocycles. The van der Waals surface area contributed by atoms with E-state index in [-0.39, 0.29) is 17.9 Å². The molecular formula is C14H26N2O2. The number of nitrogens with one attached hydrogen (secondary N) is 1. The van der Waals surface area contributed by atoms with Crippen LogP contribution in [0.3, 0.4) is 0 Å². The van der Waals surface area contributed by atoms with Crippen LogP contribution in [-0.2, 0) is 4.79 Å². The molecule has 1 amide bonds. The minimum absolute atomic E-state index is 0.139. The van der Waals surface area contributed by atoms with Crippen molar-refractivity contribution in [1.82, 2.24) is 10.2 Å². The van der Waals surface area contributed by atoms with Gasteiger partial charge in [-0.15, -0.1) is 0 Å². The second kappa shape index (κ2) is 6.53. The molecule has 0 radical (unpaired) electrons. The summed E-state index contributed by atoms with van der Waals surface area (Å²) in [5.74, 6) is 1.09. The van der Waals surface area contributed by atoms with E-state index in [1.165, 1.54) is 19.5 Å². The van der Waals surface area contributed by atoms with E-state index in [2.05, 4.69) is 17.3 Å². The topological polar surface area (TPSA) is 52.6 Å². The van der Waals surface area contributed by atoms with Gasteiger partial charge in [-0.3, -0.25) is 4.79 Å². The molecule has 0 aromatic carbocycles. The Morgan fingerprint density at radius 2 is 2.00 bits per heavy atom. The minimum Gasteiger partial charge on any atom is -0.393 e. The summed E-state index contributed by atoms with van der Waals surface area (Å²) in [4.78, 5) is 14.3. The number of hydrogen-bond donors (Lipinski definition) is 2. The fourth-order valence-corrected chi connectivity index (χ4v) is 3.14. The number of amides is 1. The lowest BCUT2D eigenvalue weighted by molar-refractivity contribution is -0.126. The molecule has 1 heterocycles. The van der Waals surface area contributed by atoms with Crippen LogP contribution in [0.25, 0.3) is 0 Å². The average Bonchev–Trinajstić information content (AvgIpc) is 2.76. The Morgan fingerprint density at radius 1 is 1.28 bits per heavy atom. The van der Waals surface area contributed by atoms with Crippen LogP contribution in [0.4, 0.5) is 0 Å². The van der Waals surface area contributed by atoms with Gasteiger partial charge in [0, 0.05) is 19.0 Å². The first-order valence-electron chi connectivity index (χ1n) is 7.29. The average molecular weight is 254 g/mol. The normalized spacial score (nSPS) is 33.6. The van der Waals surface area contributed by atoms with E-state index in [1.807, 2.05) is 0 Å². The number of aliphatic hydroxyl groups is 1. The van der Waals surface area contributed by atoms with Crippen LogP contribution in [0.2, 0.25) is 0 Å². The summed E-state index contributed by atoms with van der Waals surface area (Å²) >= 11 is 0. The van der Waals surface area contributed by atoms with Gasteiger partial charge in [0.1, 0.15) is 0 Å². The molecule has 1 atom stereocenters. The van der Waals surface area contributed by atoms with Crippen molar-refractivity contribution in [2.24, 2.45) is 11.8 Å². The molecule has 4 nitrogen and oxygen atoms in total. The Bertz CT molecular complexity index is 275. The maximum Gasteiger partial charge on any atom is 0.223 e. The van der Waals surface area contributed by atoms with Crippen molar-refractivity contribution in [2.75, 3.05) is 26.7 Å². The van der Waals surface area contributed by atoms with Crippen LogP contribution < -0.4 is 5.32 Å². The Morgan fingerprint density at radius 3 is 2.61 bits per heavy atom. The Hall–Kier alpha value is -0.610. The number of carbonyl (C=O) groups excluding carboxylic acids is 1. The van der Waals surface area contributed by atoms with E-state index in [4.69, 9.17) is 0 Å². The van der Waals surface area contributed by atoms with Crippen LogP contribution in [0, 0.1) is 11.8 Å². The first-order chi connectivity index (χ1) is 8.65. The quantitative estimate of drug-likeness (QED) is 0.787. The molecule has 104 valence electrons. The standard InChI is InChI=1S/C14H26N2O2/c1-16-9-7-11(10-16)6-8-15-14(18)12-2-4-13(17)5-3-12/h11-13,17H,2-10H2,1H3,(H,15,18). The highest BCUT2D eigenvalue weighted by molar-refractivity contribution is 5.78. The van der Waals surface area contributed by atoms with Crippen molar-refractivity contribution < 1.29 is 9.90 Å². The van der Waals surface area contributed by atoms with Gasteiger partial charge in [-0.05, 0) is 58.0 Å². The third-order valence-corrected chi connectivity index (χ3v) is 4.41. The van der Waals surface area contributed by atoms with E-state index >= 15 is 0 Å².